The first-order valence-electron chi connectivity index (χ1n) is 7.63. The Labute approximate surface area is 132 Å². The molecule has 4 nitrogen and oxygen atoms in total. The van der Waals surface area contributed by atoms with E-state index in [9.17, 15) is 4.79 Å². The maximum Gasteiger partial charge on any atom is 0.224 e. The highest BCUT2D eigenvalue weighted by Gasteiger charge is 2.20. The maximum absolute atomic E-state index is 12.0. The molecule has 1 aromatic carbocycles. The van der Waals surface area contributed by atoms with Gasteiger partial charge in [0.25, 0.3) is 0 Å². The number of anilines is 2. The van der Waals surface area contributed by atoms with Crippen LogP contribution in [0.25, 0.3) is 0 Å². The zero-order chi connectivity index (χ0) is 15.2. The highest BCUT2D eigenvalue weighted by atomic mass is 35.5. The third-order valence-electron chi connectivity index (χ3n) is 3.84. The molecule has 1 aliphatic rings. The Morgan fingerprint density at radius 2 is 2.00 bits per heavy atom. The minimum absolute atomic E-state index is 0.0643. The summed E-state index contributed by atoms with van der Waals surface area (Å²) in [5, 5.41) is 3.72. The van der Waals surface area contributed by atoms with Crippen molar-refractivity contribution in [3.05, 3.63) is 23.2 Å². The van der Waals surface area contributed by atoms with E-state index < -0.39 is 0 Å². The Bertz CT molecular complexity index is 484. The van der Waals surface area contributed by atoms with Gasteiger partial charge in [-0.1, -0.05) is 31.0 Å². The van der Waals surface area contributed by atoms with Gasteiger partial charge in [-0.25, -0.2) is 0 Å². The van der Waals surface area contributed by atoms with E-state index in [-0.39, 0.29) is 5.91 Å². The van der Waals surface area contributed by atoms with Crippen LogP contribution in [0, 0.1) is 0 Å². The molecule has 1 aliphatic heterocycles. The second kappa shape index (κ2) is 7.66. The number of halogens is 1. The first-order chi connectivity index (χ1) is 10.1. The number of likely N-dealkylation sites (N-methyl/N-ethyl adjacent to an activating group) is 1. The van der Waals surface area contributed by atoms with Gasteiger partial charge in [-0.05, 0) is 25.6 Å². The number of hydrogen-bond acceptors (Lipinski definition) is 3. The Hall–Kier alpha value is -1.26. The smallest absolute Gasteiger partial charge is 0.224 e. The number of benzene rings is 1. The van der Waals surface area contributed by atoms with Crippen molar-refractivity contribution in [1.82, 2.24) is 4.90 Å². The lowest BCUT2D eigenvalue weighted by Gasteiger charge is -2.35. The van der Waals surface area contributed by atoms with Gasteiger partial charge in [0.2, 0.25) is 5.91 Å². The number of nitrogens with one attached hydrogen (secondary N) is 1. The molecule has 2 rings (SSSR count). The van der Waals surface area contributed by atoms with Crippen LogP contribution in [0.2, 0.25) is 5.02 Å². The standard InChI is InChI=1S/C16H24ClN3O/c1-3-4-8-15(21)18-14-7-5-6-13(17)16(14)20-11-9-19(2)10-12-20/h5-7H,3-4,8-12H2,1-2H3,(H,18,21). The summed E-state index contributed by atoms with van der Waals surface area (Å²) in [4.78, 5) is 16.5. The van der Waals surface area contributed by atoms with E-state index in [0.717, 1.165) is 50.4 Å². The Morgan fingerprint density at radius 1 is 1.29 bits per heavy atom. The third kappa shape index (κ3) is 4.35. The van der Waals surface area contributed by atoms with E-state index in [1.807, 2.05) is 18.2 Å². The average molecular weight is 310 g/mol. The third-order valence-corrected chi connectivity index (χ3v) is 4.14. The van der Waals surface area contributed by atoms with E-state index in [1.165, 1.54) is 0 Å². The molecular weight excluding hydrogens is 286 g/mol. The molecular formula is C16H24ClN3O. The van der Waals surface area contributed by atoms with Crippen LogP contribution in [0.4, 0.5) is 11.4 Å². The van der Waals surface area contributed by atoms with Crippen molar-refractivity contribution in [2.45, 2.75) is 26.2 Å². The topological polar surface area (TPSA) is 35.6 Å². The van der Waals surface area contributed by atoms with E-state index in [0.29, 0.717) is 11.4 Å². The number of amides is 1. The second-order valence-corrected chi connectivity index (χ2v) is 5.99. The average Bonchev–Trinajstić information content (AvgIpc) is 2.47. The summed E-state index contributed by atoms with van der Waals surface area (Å²) in [6.07, 6.45) is 2.50. The lowest BCUT2D eigenvalue weighted by molar-refractivity contribution is -0.116. The van der Waals surface area contributed by atoms with Gasteiger partial charge in [0.1, 0.15) is 0 Å². The predicted molar refractivity (Wildman–Crippen MR) is 89.3 cm³/mol. The molecule has 5 heteroatoms. The van der Waals surface area contributed by atoms with E-state index in [1.54, 1.807) is 0 Å². The first kappa shape index (κ1) is 16.1. The van der Waals surface area contributed by atoms with Crippen LogP contribution in [-0.4, -0.2) is 44.0 Å². The van der Waals surface area contributed by atoms with Gasteiger partial charge in [-0.2, -0.15) is 0 Å². The molecule has 1 saturated heterocycles. The highest BCUT2D eigenvalue weighted by molar-refractivity contribution is 6.34. The predicted octanol–water partition coefficient (Wildman–Crippen LogP) is 3.22. The SMILES string of the molecule is CCCCC(=O)Nc1cccc(Cl)c1N1CCN(C)CC1. The zero-order valence-electron chi connectivity index (χ0n) is 12.9. The largest absolute Gasteiger partial charge is 0.366 e. The van der Waals surface area contributed by atoms with Crippen molar-refractivity contribution in [2.75, 3.05) is 43.4 Å². The normalized spacial score (nSPS) is 16.0. The molecule has 21 heavy (non-hydrogen) atoms. The number of para-hydroxylation sites is 1. The molecule has 116 valence electrons. The monoisotopic (exact) mass is 309 g/mol. The maximum atomic E-state index is 12.0. The summed E-state index contributed by atoms with van der Waals surface area (Å²) in [5.41, 5.74) is 1.78. The molecule has 0 aliphatic carbocycles. The molecule has 0 bridgehead atoms. The van der Waals surface area contributed by atoms with Gasteiger partial charge >= 0.3 is 0 Å². The van der Waals surface area contributed by atoms with E-state index in [4.69, 9.17) is 11.6 Å². The molecule has 1 fully saturated rings. The van der Waals surface area contributed by atoms with Crippen LogP contribution in [0.3, 0.4) is 0 Å². The molecule has 1 aromatic rings. The van der Waals surface area contributed by atoms with Crippen LogP contribution in [0.1, 0.15) is 26.2 Å². The number of hydrogen-bond donors (Lipinski definition) is 1. The quantitative estimate of drug-likeness (QED) is 0.907. The summed E-state index contributed by atoms with van der Waals surface area (Å²) in [7, 11) is 2.12. The number of unbranched alkanes of at least 4 members (excludes halogenated alkanes) is 1. The number of carbonyl (C=O) groups is 1. The second-order valence-electron chi connectivity index (χ2n) is 5.58. The van der Waals surface area contributed by atoms with Gasteiger partial charge < -0.3 is 15.1 Å². The highest BCUT2D eigenvalue weighted by Crippen LogP contribution is 2.34. The zero-order valence-corrected chi connectivity index (χ0v) is 13.6. The molecule has 0 radical (unpaired) electrons. The Balaban J connectivity index is 2.14. The molecule has 0 spiro atoms. The van der Waals surface area contributed by atoms with E-state index >= 15 is 0 Å². The molecule has 1 amide bonds. The summed E-state index contributed by atoms with van der Waals surface area (Å²) >= 11 is 6.38. The van der Waals surface area contributed by atoms with Gasteiger partial charge in [-0.15, -0.1) is 0 Å². The molecule has 1 heterocycles. The van der Waals surface area contributed by atoms with Gasteiger partial charge in [-0.3, -0.25) is 4.79 Å². The van der Waals surface area contributed by atoms with Crippen LogP contribution in [0.5, 0.6) is 0 Å². The van der Waals surface area contributed by atoms with Gasteiger partial charge in [0.05, 0.1) is 16.4 Å². The lowest BCUT2D eigenvalue weighted by atomic mass is 10.2. The van der Waals surface area contributed by atoms with Crippen molar-refractivity contribution in [3.8, 4) is 0 Å². The van der Waals surface area contributed by atoms with Crippen molar-refractivity contribution in [2.24, 2.45) is 0 Å². The molecule has 0 aromatic heterocycles. The molecule has 0 saturated carbocycles. The van der Waals surface area contributed by atoms with Crippen molar-refractivity contribution < 1.29 is 4.79 Å². The molecule has 0 atom stereocenters. The van der Waals surface area contributed by atoms with Crippen molar-refractivity contribution in [1.29, 1.82) is 0 Å². The van der Waals surface area contributed by atoms with Crippen molar-refractivity contribution >= 4 is 28.9 Å². The number of rotatable bonds is 5. The molecule has 0 unspecified atom stereocenters. The van der Waals surface area contributed by atoms with Gasteiger partial charge in [0.15, 0.2) is 0 Å². The Morgan fingerprint density at radius 3 is 2.67 bits per heavy atom. The van der Waals surface area contributed by atoms with Crippen LogP contribution in [0.15, 0.2) is 18.2 Å². The van der Waals surface area contributed by atoms with E-state index in [2.05, 4.69) is 29.1 Å². The summed E-state index contributed by atoms with van der Waals surface area (Å²) < 4.78 is 0. The Kier molecular flexibility index (Phi) is 5.88. The fourth-order valence-corrected chi connectivity index (χ4v) is 2.81. The summed E-state index contributed by atoms with van der Waals surface area (Å²) in [6.45, 7) is 5.96. The lowest BCUT2D eigenvalue weighted by Crippen LogP contribution is -2.44. The number of nitrogens with zero attached hydrogens (tertiary/aromatic N) is 2. The fraction of sp³-hybridized carbons (Fsp3) is 0.562. The van der Waals surface area contributed by atoms with Crippen LogP contribution < -0.4 is 10.2 Å². The van der Waals surface area contributed by atoms with Crippen LogP contribution in [-0.2, 0) is 4.79 Å². The van der Waals surface area contributed by atoms with Crippen LogP contribution >= 0.6 is 11.6 Å². The summed E-state index contributed by atoms with van der Waals surface area (Å²) in [5.74, 6) is 0.0643. The fourth-order valence-electron chi connectivity index (χ4n) is 2.52. The number of piperazine rings is 1. The van der Waals surface area contributed by atoms with Gasteiger partial charge in [0, 0.05) is 32.6 Å². The summed E-state index contributed by atoms with van der Waals surface area (Å²) in [6, 6.07) is 5.71. The first-order valence-corrected chi connectivity index (χ1v) is 8.01. The van der Waals surface area contributed by atoms with Crippen molar-refractivity contribution in [3.63, 3.8) is 0 Å². The minimum Gasteiger partial charge on any atom is -0.366 e. The number of carbonyl (C=O) groups excluding carboxylic acids is 1. The minimum atomic E-state index is 0.0643. The molecule has 1 N–H and O–H groups in total.